The van der Waals surface area contributed by atoms with E-state index in [1.165, 1.54) is 23.5 Å². The normalized spacial score (nSPS) is 14.3. The van der Waals surface area contributed by atoms with Crippen LogP contribution in [0.25, 0.3) is 0 Å². The van der Waals surface area contributed by atoms with Crippen LogP contribution < -0.4 is 10.2 Å². The van der Waals surface area contributed by atoms with Crippen molar-refractivity contribution in [3.63, 3.8) is 0 Å². The number of hydrogen-bond donors (Lipinski definition) is 1. The minimum absolute atomic E-state index is 0.0974. The molecule has 0 atom stereocenters. The van der Waals surface area contributed by atoms with Gasteiger partial charge in [-0.3, -0.25) is 20.2 Å². The number of amides is 1. The van der Waals surface area contributed by atoms with Crippen molar-refractivity contribution in [3.05, 3.63) is 38.9 Å². The maximum absolute atomic E-state index is 12.8. The average Bonchev–Trinajstić information content (AvgIpc) is 3.09. The van der Waals surface area contributed by atoms with E-state index in [4.69, 9.17) is 0 Å². The number of nitrogens with zero attached hydrogens (tertiary/aromatic N) is 4. The topological polar surface area (TPSA) is 101 Å². The van der Waals surface area contributed by atoms with E-state index in [2.05, 4.69) is 20.4 Å². The highest BCUT2D eigenvalue weighted by atomic mass is 32.1. The van der Waals surface area contributed by atoms with Gasteiger partial charge in [-0.1, -0.05) is 18.3 Å². The number of nitro groups is 1. The highest BCUT2D eigenvalue weighted by Crippen LogP contribution is 2.29. The molecule has 8 nitrogen and oxygen atoms in total. The molecule has 1 aliphatic heterocycles. The van der Waals surface area contributed by atoms with Crippen LogP contribution in [0.4, 0.5) is 16.5 Å². The maximum atomic E-state index is 12.8. The lowest BCUT2D eigenvalue weighted by Gasteiger charge is -2.30. The van der Waals surface area contributed by atoms with Crippen molar-refractivity contribution in [1.29, 1.82) is 0 Å². The SMILES string of the molecule is CCCc1nnc(NC(=O)c2cc([N+](=O)[O-])ccc2N2CCCCC2)s1. The molecular weight excluding hydrogens is 354 g/mol. The van der Waals surface area contributed by atoms with Gasteiger partial charge in [-0.2, -0.15) is 0 Å². The highest BCUT2D eigenvalue weighted by molar-refractivity contribution is 7.15. The second kappa shape index (κ2) is 8.22. The Morgan fingerprint density at radius 2 is 2.08 bits per heavy atom. The molecule has 1 saturated heterocycles. The maximum Gasteiger partial charge on any atom is 0.270 e. The van der Waals surface area contributed by atoms with Gasteiger partial charge in [0.2, 0.25) is 5.13 Å². The summed E-state index contributed by atoms with van der Waals surface area (Å²) < 4.78 is 0. The first-order valence-corrected chi connectivity index (χ1v) is 9.57. The summed E-state index contributed by atoms with van der Waals surface area (Å²) in [6.07, 6.45) is 5.02. The van der Waals surface area contributed by atoms with E-state index in [9.17, 15) is 14.9 Å². The monoisotopic (exact) mass is 375 g/mol. The molecule has 3 rings (SSSR count). The molecule has 0 bridgehead atoms. The summed E-state index contributed by atoms with van der Waals surface area (Å²) in [5.74, 6) is -0.395. The van der Waals surface area contributed by atoms with E-state index in [0.717, 1.165) is 55.9 Å². The number of rotatable bonds is 6. The Kier molecular flexibility index (Phi) is 5.77. The van der Waals surface area contributed by atoms with Crippen LogP contribution in [0.2, 0.25) is 0 Å². The van der Waals surface area contributed by atoms with Gasteiger partial charge in [0.05, 0.1) is 16.2 Å². The summed E-state index contributed by atoms with van der Waals surface area (Å²) in [5.41, 5.74) is 0.930. The summed E-state index contributed by atoms with van der Waals surface area (Å²) >= 11 is 1.33. The zero-order chi connectivity index (χ0) is 18.5. The Hall–Kier alpha value is -2.55. The lowest BCUT2D eigenvalue weighted by Crippen LogP contribution is -2.31. The number of nitrogens with one attached hydrogen (secondary N) is 1. The smallest absolute Gasteiger partial charge is 0.270 e. The Morgan fingerprint density at radius 3 is 2.77 bits per heavy atom. The Morgan fingerprint density at radius 1 is 1.31 bits per heavy atom. The van der Waals surface area contributed by atoms with Crippen molar-refractivity contribution in [2.75, 3.05) is 23.3 Å². The summed E-state index contributed by atoms with van der Waals surface area (Å²) in [6.45, 7) is 3.74. The molecule has 0 unspecified atom stereocenters. The number of anilines is 2. The van der Waals surface area contributed by atoms with Crippen LogP contribution in [-0.4, -0.2) is 34.1 Å². The molecule has 0 spiro atoms. The van der Waals surface area contributed by atoms with Gasteiger partial charge in [0.15, 0.2) is 0 Å². The van der Waals surface area contributed by atoms with Gasteiger partial charge in [0.25, 0.3) is 11.6 Å². The van der Waals surface area contributed by atoms with Crippen molar-refractivity contribution in [3.8, 4) is 0 Å². The third kappa shape index (κ3) is 4.16. The number of carbonyl (C=O) groups is 1. The number of aryl methyl sites for hydroxylation is 1. The Labute approximate surface area is 155 Å². The van der Waals surface area contributed by atoms with Crippen molar-refractivity contribution < 1.29 is 9.72 Å². The predicted octanol–water partition coefficient (Wildman–Crippen LogP) is 3.64. The lowest BCUT2D eigenvalue weighted by molar-refractivity contribution is -0.384. The Balaban J connectivity index is 1.87. The first-order valence-electron chi connectivity index (χ1n) is 8.75. The number of hydrogen-bond acceptors (Lipinski definition) is 7. The van der Waals surface area contributed by atoms with E-state index in [-0.39, 0.29) is 5.69 Å². The largest absolute Gasteiger partial charge is 0.371 e. The zero-order valence-corrected chi connectivity index (χ0v) is 15.4. The van der Waals surface area contributed by atoms with Gasteiger partial charge >= 0.3 is 0 Å². The molecule has 26 heavy (non-hydrogen) atoms. The Bertz CT molecular complexity index is 801. The van der Waals surface area contributed by atoms with Gasteiger partial charge < -0.3 is 4.90 Å². The summed E-state index contributed by atoms with van der Waals surface area (Å²) in [5, 5.41) is 23.2. The second-order valence-electron chi connectivity index (χ2n) is 6.21. The van der Waals surface area contributed by atoms with E-state index in [0.29, 0.717) is 10.7 Å². The van der Waals surface area contributed by atoms with Crippen LogP contribution >= 0.6 is 11.3 Å². The van der Waals surface area contributed by atoms with Crippen LogP contribution in [0.1, 0.15) is 48.0 Å². The summed E-state index contributed by atoms with van der Waals surface area (Å²) in [4.78, 5) is 25.6. The van der Waals surface area contributed by atoms with Crippen LogP contribution in [0.5, 0.6) is 0 Å². The van der Waals surface area contributed by atoms with Crippen molar-refractivity contribution in [2.24, 2.45) is 0 Å². The van der Waals surface area contributed by atoms with Crippen LogP contribution in [0.3, 0.4) is 0 Å². The summed E-state index contributed by atoms with van der Waals surface area (Å²) in [7, 11) is 0. The zero-order valence-electron chi connectivity index (χ0n) is 14.6. The molecule has 2 aromatic rings. The van der Waals surface area contributed by atoms with Crippen molar-refractivity contribution in [2.45, 2.75) is 39.0 Å². The molecule has 0 saturated carbocycles. The first kappa shape index (κ1) is 18.2. The van der Waals surface area contributed by atoms with Gasteiger partial charge in [0.1, 0.15) is 5.01 Å². The first-order chi connectivity index (χ1) is 12.6. The second-order valence-corrected chi connectivity index (χ2v) is 7.27. The molecule has 138 valence electrons. The molecule has 1 fully saturated rings. The lowest BCUT2D eigenvalue weighted by atomic mass is 10.1. The van der Waals surface area contributed by atoms with Gasteiger partial charge in [-0.25, -0.2) is 0 Å². The molecule has 1 aliphatic rings. The number of non-ortho nitro benzene ring substituents is 1. The van der Waals surface area contributed by atoms with Gasteiger partial charge in [0, 0.05) is 31.6 Å². The molecular formula is C17H21N5O3S. The number of carbonyl (C=O) groups excluding carboxylic acids is 1. The number of benzene rings is 1. The minimum atomic E-state index is -0.485. The van der Waals surface area contributed by atoms with Crippen LogP contribution in [0.15, 0.2) is 18.2 Å². The van der Waals surface area contributed by atoms with E-state index >= 15 is 0 Å². The van der Waals surface area contributed by atoms with E-state index < -0.39 is 10.8 Å². The number of nitro benzene ring substituents is 1. The van der Waals surface area contributed by atoms with Gasteiger partial charge in [-0.05, 0) is 31.7 Å². The quantitative estimate of drug-likeness (QED) is 0.611. The molecule has 9 heteroatoms. The third-order valence-electron chi connectivity index (χ3n) is 4.28. The fourth-order valence-electron chi connectivity index (χ4n) is 3.01. The van der Waals surface area contributed by atoms with E-state index in [1.54, 1.807) is 6.07 Å². The predicted molar refractivity (Wildman–Crippen MR) is 101 cm³/mol. The van der Waals surface area contributed by atoms with Crippen LogP contribution in [0, 0.1) is 10.1 Å². The molecule has 1 N–H and O–H groups in total. The summed E-state index contributed by atoms with van der Waals surface area (Å²) in [6, 6.07) is 4.46. The van der Waals surface area contributed by atoms with Crippen LogP contribution in [-0.2, 0) is 6.42 Å². The molecule has 1 aromatic heterocycles. The number of aromatic nitrogens is 2. The highest BCUT2D eigenvalue weighted by Gasteiger charge is 2.22. The number of piperidine rings is 1. The molecule has 0 radical (unpaired) electrons. The molecule has 1 amide bonds. The van der Waals surface area contributed by atoms with Crippen molar-refractivity contribution >= 4 is 33.8 Å². The third-order valence-corrected chi connectivity index (χ3v) is 5.18. The fourth-order valence-corrected chi connectivity index (χ4v) is 3.85. The average molecular weight is 375 g/mol. The van der Waals surface area contributed by atoms with E-state index in [1.807, 2.05) is 6.92 Å². The standard InChI is InChI=1S/C17H21N5O3S/c1-2-6-15-19-20-17(26-15)18-16(23)13-11-12(22(24)25)7-8-14(13)21-9-4-3-5-10-21/h7-8,11H,2-6,9-10H2,1H3,(H,18,20,23). The fraction of sp³-hybridized carbons (Fsp3) is 0.471. The molecule has 1 aromatic carbocycles. The van der Waals surface area contributed by atoms with Crippen molar-refractivity contribution in [1.82, 2.24) is 10.2 Å². The minimum Gasteiger partial charge on any atom is -0.371 e. The molecule has 0 aliphatic carbocycles. The van der Waals surface area contributed by atoms with Gasteiger partial charge in [-0.15, -0.1) is 10.2 Å². The molecule has 2 heterocycles.